The van der Waals surface area contributed by atoms with Crippen molar-refractivity contribution in [2.45, 2.75) is 19.3 Å². The number of hydrogen-bond donors (Lipinski definition) is 2. The predicted molar refractivity (Wildman–Crippen MR) is 96.8 cm³/mol. The molecule has 1 saturated carbocycles. The Balaban J connectivity index is 0.00000288. The number of nitrogens with zero attached hydrogens (tertiary/aromatic N) is 1. The summed E-state index contributed by atoms with van der Waals surface area (Å²) in [7, 11) is 4.92. The fourth-order valence-electron chi connectivity index (χ4n) is 3.09. The van der Waals surface area contributed by atoms with Gasteiger partial charge in [-0.05, 0) is 43.5 Å². The average molecular weight is 356 g/mol. The lowest BCUT2D eigenvalue weighted by Gasteiger charge is -2.19. The van der Waals surface area contributed by atoms with E-state index in [0.29, 0.717) is 23.5 Å². The number of anilines is 1. The second kappa shape index (κ2) is 8.89. The monoisotopic (exact) mass is 355 g/mol. The van der Waals surface area contributed by atoms with E-state index in [1.807, 2.05) is 0 Å². The molecule has 0 spiro atoms. The van der Waals surface area contributed by atoms with Crippen LogP contribution in [-0.2, 0) is 4.79 Å². The van der Waals surface area contributed by atoms with Crippen molar-refractivity contribution in [2.75, 3.05) is 33.1 Å². The van der Waals surface area contributed by atoms with Crippen LogP contribution in [0.25, 0.3) is 0 Å². The summed E-state index contributed by atoms with van der Waals surface area (Å²) in [4.78, 5) is 26.1. The van der Waals surface area contributed by atoms with Gasteiger partial charge < -0.3 is 20.7 Å². The number of hydrogen-bond acceptors (Lipinski definition) is 4. The molecule has 0 bridgehead atoms. The Morgan fingerprint density at radius 3 is 2.62 bits per heavy atom. The molecule has 1 aromatic rings. The molecule has 24 heavy (non-hydrogen) atoms. The maximum absolute atomic E-state index is 12.5. The number of carbonyl (C=O) groups excluding carboxylic acids is 2. The predicted octanol–water partition coefficient (Wildman–Crippen LogP) is 2.13. The third-order valence-corrected chi connectivity index (χ3v) is 4.41. The molecule has 2 atom stereocenters. The summed E-state index contributed by atoms with van der Waals surface area (Å²) in [5.41, 5.74) is 6.78. The number of rotatable bonds is 5. The fourth-order valence-corrected chi connectivity index (χ4v) is 3.09. The Labute approximate surface area is 149 Å². The SMILES string of the molecule is COc1ccc(C(=O)N(C)C)cc1NC(=O)[C@@H]1CCC[C@@H]1CN.Cl. The van der Waals surface area contributed by atoms with Gasteiger partial charge in [0.15, 0.2) is 0 Å². The van der Waals surface area contributed by atoms with Crippen LogP contribution in [0.15, 0.2) is 18.2 Å². The molecule has 0 saturated heterocycles. The van der Waals surface area contributed by atoms with E-state index in [2.05, 4.69) is 5.32 Å². The minimum absolute atomic E-state index is 0. The minimum atomic E-state index is -0.121. The van der Waals surface area contributed by atoms with Crippen molar-refractivity contribution in [1.29, 1.82) is 0 Å². The molecular formula is C17H26ClN3O3. The number of halogens is 1. The molecule has 2 rings (SSSR count). The van der Waals surface area contributed by atoms with Crippen molar-refractivity contribution in [1.82, 2.24) is 4.90 Å². The number of nitrogens with one attached hydrogen (secondary N) is 1. The minimum Gasteiger partial charge on any atom is -0.495 e. The third-order valence-electron chi connectivity index (χ3n) is 4.41. The zero-order valence-electron chi connectivity index (χ0n) is 14.4. The quantitative estimate of drug-likeness (QED) is 0.847. The standard InChI is InChI=1S/C17H25N3O3.ClH/c1-20(2)17(22)11-7-8-15(23-3)14(9-11)19-16(21)13-6-4-5-12(13)10-18;/h7-9,12-13H,4-6,10,18H2,1-3H3,(H,19,21);1H/t12-,13-;/m1./s1. The van der Waals surface area contributed by atoms with Crippen LogP contribution < -0.4 is 15.8 Å². The third kappa shape index (κ3) is 4.39. The van der Waals surface area contributed by atoms with E-state index in [1.54, 1.807) is 32.3 Å². The van der Waals surface area contributed by atoms with Gasteiger partial charge in [0.2, 0.25) is 5.91 Å². The molecule has 1 aliphatic carbocycles. The number of ether oxygens (including phenoxy) is 1. The Hall–Kier alpha value is -1.79. The largest absolute Gasteiger partial charge is 0.495 e. The second-order valence-electron chi connectivity index (χ2n) is 6.14. The van der Waals surface area contributed by atoms with E-state index in [-0.39, 0.29) is 36.1 Å². The molecule has 7 heteroatoms. The lowest BCUT2D eigenvalue weighted by molar-refractivity contribution is -0.120. The van der Waals surface area contributed by atoms with Crippen LogP contribution >= 0.6 is 12.4 Å². The van der Waals surface area contributed by atoms with Crippen molar-refractivity contribution in [3.63, 3.8) is 0 Å². The van der Waals surface area contributed by atoms with E-state index in [0.717, 1.165) is 19.3 Å². The van der Waals surface area contributed by atoms with Gasteiger partial charge in [0.05, 0.1) is 12.8 Å². The molecule has 0 heterocycles. The topological polar surface area (TPSA) is 84.7 Å². The molecule has 134 valence electrons. The Morgan fingerprint density at radius 2 is 2.04 bits per heavy atom. The van der Waals surface area contributed by atoms with Gasteiger partial charge in [0.25, 0.3) is 5.91 Å². The number of benzene rings is 1. The number of nitrogens with two attached hydrogens (primary N) is 1. The van der Waals surface area contributed by atoms with Gasteiger partial charge in [-0.3, -0.25) is 9.59 Å². The van der Waals surface area contributed by atoms with E-state index in [4.69, 9.17) is 10.5 Å². The number of amides is 2. The zero-order chi connectivity index (χ0) is 17.0. The van der Waals surface area contributed by atoms with Crippen molar-refractivity contribution in [3.8, 4) is 5.75 Å². The molecule has 1 fully saturated rings. The van der Waals surface area contributed by atoms with Crippen LogP contribution in [0.2, 0.25) is 0 Å². The molecule has 2 amide bonds. The van der Waals surface area contributed by atoms with Crippen LogP contribution in [0.3, 0.4) is 0 Å². The van der Waals surface area contributed by atoms with Gasteiger partial charge in [-0.2, -0.15) is 0 Å². The van der Waals surface area contributed by atoms with Gasteiger partial charge in [-0.1, -0.05) is 6.42 Å². The van der Waals surface area contributed by atoms with Crippen LogP contribution in [0, 0.1) is 11.8 Å². The van der Waals surface area contributed by atoms with Crippen molar-refractivity contribution in [2.24, 2.45) is 17.6 Å². The first-order valence-corrected chi connectivity index (χ1v) is 7.88. The summed E-state index contributed by atoms with van der Waals surface area (Å²) >= 11 is 0. The molecule has 0 aliphatic heterocycles. The highest BCUT2D eigenvalue weighted by atomic mass is 35.5. The van der Waals surface area contributed by atoms with Gasteiger partial charge in [-0.25, -0.2) is 0 Å². The van der Waals surface area contributed by atoms with Crippen LogP contribution in [0.1, 0.15) is 29.6 Å². The number of carbonyl (C=O) groups is 2. The van der Waals surface area contributed by atoms with E-state index >= 15 is 0 Å². The van der Waals surface area contributed by atoms with Gasteiger partial charge in [0.1, 0.15) is 5.75 Å². The van der Waals surface area contributed by atoms with E-state index < -0.39 is 0 Å². The molecule has 0 unspecified atom stereocenters. The zero-order valence-corrected chi connectivity index (χ0v) is 15.2. The summed E-state index contributed by atoms with van der Waals surface area (Å²) < 4.78 is 5.29. The van der Waals surface area contributed by atoms with E-state index in [9.17, 15) is 9.59 Å². The molecule has 1 aromatic carbocycles. The molecule has 3 N–H and O–H groups in total. The van der Waals surface area contributed by atoms with Crippen molar-refractivity contribution < 1.29 is 14.3 Å². The van der Waals surface area contributed by atoms with Crippen molar-refractivity contribution >= 4 is 29.9 Å². The lowest BCUT2D eigenvalue weighted by atomic mass is 9.95. The first-order chi connectivity index (χ1) is 11.0. The highest BCUT2D eigenvalue weighted by Crippen LogP contribution is 2.33. The highest BCUT2D eigenvalue weighted by molar-refractivity contribution is 5.99. The molecular weight excluding hydrogens is 330 g/mol. The van der Waals surface area contributed by atoms with Crippen LogP contribution in [-0.4, -0.2) is 44.5 Å². The Morgan fingerprint density at radius 1 is 1.33 bits per heavy atom. The van der Waals surface area contributed by atoms with Crippen molar-refractivity contribution in [3.05, 3.63) is 23.8 Å². The van der Waals surface area contributed by atoms with Gasteiger partial charge in [0, 0.05) is 25.6 Å². The number of methoxy groups -OCH3 is 1. The Kier molecular flexibility index (Phi) is 7.51. The molecule has 0 aromatic heterocycles. The summed E-state index contributed by atoms with van der Waals surface area (Å²) in [6.45, 7) is 0.522. The highest BCUT2D eigenvalue weighted by Gasteiger charge is 2.32. The molecule has 6 nitrogen and oxygen atoms in total. The van der Waals surface area contributed by atoms with Crippen LogP contribution in [0.4, 0.5) is 5.69 Å². The van der Waals surface area contributed by atoms with E-state index in [1.165, 1.54) is 12.0 Å². The maximum Gasteiger partial charge on any atom is 0.253 e. The first kappa shape index (κ1) is 20.3. The normalized spacial score (nSPS) is 19.3. The van der Waals surface area contributed by atoms with Crippen LogP contribution in [0.5, 0.6) is 5.75 Å². The average Bonchev–Trinajstić information content (AvgIpc) is 3.02. The second-order valence-corrected chi connectivity index (χ2v) is 6.14. The molecule has 1 aliphatic rings. The summed E-state index contributed by atoms with van der Waals surface area (Å²) in [5, 5.41) is 2.91. The van der Waals surface area contributed by atoms with Gasteiger partial charge >= 0.3 is 0 Å². The van der Waals surface area contributed by atoms with Gasteiger partial charge in [-0.15, -0.1) is 12.4 Å². The Bertz CT molecular complexity index is 592. The molecule has 0 radical (unpaired) electrons. The smallest absolute Gasteiger partial charge is 0.253 e. The lowest BCUT2D eigenvalue weighted by Crippen LogP contribution is -2.30. The first-order valence-electron chi connectivity index (χ1n) is 7.88. The summed E-state index contributed by atoms with van der Waals surface area (Å²) in [6, 6.07) is 5.04. The maximum atomic E-state index is 12.5. The summed E-state index contributed by atoms with van der Waals surface area (Å²) in [6.07, 6.45) is 2.87. The fraction of sp³-hybridized carbons (Fsp3) is 0.529. The summed E-state index contributed by atoms with van der Waals surface area (Å²) in [5.74, 6) is 0.524.